The SMILES string of the molecule is COCCCNC(=O)CNC1CCCC(SC)C1. The highest BCUT2D eigenvalue weighted by Crippen LogP contribution is 2.26. The molecule has 1 saturated carbocycles. The number of hydrogen-bond donors (Lipinski definition) is 2. The van der Waals surface area contributed by atoms with Gasteiger partial charge >= 0.3 is 0 Å². The van der Waals surface area contributed by atoms with Crippen LogP contribution in [-0.2, 0) is 9.53 Å². The Balaban J connectivity index is 2.06. The topological polar surface area (TPSA) is 50.4 Å². The van der Waals surface area contributed by atoms with Gasteiger partial charge in [-0.2, -0.15) is 11.8 Å². The van der Waals surface area contributed by atoms with Crippen molar-refractivity contribution in [2.45, 2.75) is 43.4 Å². The fourth-order valence-corrected chi connectivity index (χ4v) is 3.12. The molecule has 0 aromatic heterocycles. The molecule has 2 unspecified atom stereocenters. The number of thioether (sulfide) groups is 1. The van der Waals surface area contributed by atoms with Crippen LogP contribution in [0.1, 0.15) is 32.1 Å². The number of methoxy groups -OCH3 is 1. The van der Waals surface area contributed by atoms with Crippen molar-refractivity contribution in [1.29, 1.82) is 0 Å². The molecule has 0 saturated heterocycles. The lowest BCUT2D eigenvalue weighted by Gasteiger charge is -2.28. The van der Waals surface area contributed by atoms with Crippen molar-refractivity contribution < 1.29 is 9.53 Å². The van der Waals surface area contributed by atoms with Crippen molar-refractivity contribution >= 4 is 17.7 Å². The monoisotopic (exact) mass is 274 g/mol. The van der Waals surface area contributed by atoms with Gasteiger partial charge in [-0.3, -0.25) is 4.79 Å². The highest BCUT2D eigenvalue weighted by molar-refractivity contribution is 7.99. The van der Waals surface area contributed by atoms with Crippen molar-refractivity contribution in [1.82, 2.24) is 10.6 Å². The first-order valence-electron chi connectivity index (χ1n) is 6.78. The predicted molar refractivity (Wildman–Crippen MR) is 77.1 cm³/mol. The fraction of sp³-hybridized carbons (Fsp3) is 0.923. The van der Waals surface area contributed by atoms with E-state index < -0.39 is 0 Å². The third kappa shape index (κ3) is 6.61. The number of hydrogen-bond acceptors (Lipinski definition) is 4. The molecule has 0 bridgehead atoms. The van der Waals surface area contributed by atoms with Crippen LogP contribution >= 0.6 is 11.8 Å². The molecule has 0 aromatic rings. The van der Waals surface area contributed by atoms with Crippen LogP contribution < -0.4 is 10.6 Å². The van der Waals surface area contributed by atoms with Crippen LogP contribution in [0.3, 0.4) is 0 Å². The van der Waals surface area contributed by atoms with E-state index in [4.69, 9.17) is 4.74 Å². The summed E-state index contributed by atoms with van der Waals surface area (Å²) in [4.78, 5) is 11.6. The Labute approximate surface area is 115 Å². The molecule has 0 heterocycles. The van der Waals surface area contributed by atoms with Gasteiger partial charge in [0.05, 0.1) is 6.54 Å². The first kappa shape index (κ1) is 15.8. The lowest BCUT2D eigenvalue weighted by Crippen LogP contribution is -2.42. The van der Waals surface area contributed by atoms with Crippen LogP contribution in [0.4, 0.5) is 0 Å². The summed E-state index contributed by atoms with van der Waals surface area (Å²) in [5.41, 5.74) is 0. The van der Waals surface area contributed by atoms with Gasteiger partial charge in [0.1, 0.15) is 0 Å². The fourth-order valence-electron chi connectivity index (χ4n) is 2.29. The van der Waals surface area contributed by atoms with E-state index in [-0.39, 0.29) is 5.91 Å². The van der Waals surface area contributed by atoms with Gasteiger partial charge in [-0.05, 0) is 31.9 Å². The van der Waals surface area contributed by atoms with Crippen LogP contribution in [-0.4, -0.2) is 50.3 Å². The van der Waals surface area contributed by atoms with Crippen LogP contribution in [0.15, 0.2) is 0 Å². The van der Waals surface area contributed by atoms with Gasteiger partial charge in [0.25, 0.3) is 0 Å². The van der Waals surface area contributed by atoms with Gasteiger partial charge in [0.2, 0.25) is 5.91 Å². The summed E-state index contributed by atoms with van der Waals surface area (Å²) in [5, 5.41) is 7.03. The first-order valence-corrected chi connectivity index (χ1v) is 8.07. The molecule has 1 rings (SSSR count). The van der Waals surface area contributed by atoms with E-state index in [9.17, 15) is 4.79 Å². The molecule has 0 aliphatic heterocycles. The average Bonchev–Trinajstić information content (AvgIpc) is 2.41. The second-order valence-electron chi connectivity index (χ2n) is 4.80. The van der Waals surface area contributed by atoms with Crippen LogP contribution in [0, 0.1) is 0 Å². The molecule has 1 aliphatic rings. The van der Waals surface area contributed by atoms with E-state index in [1.165, 1.54) is 25.7 Å². The van der Waals surface area contributed by atoms with Gasteiger partial charge in [-0.15, -0.1) is 0 Å². The minimum absolute atomic E-state index is 0.0948. The Morgan fingerprint density at radius 3 is 3.00 bits per heavy atom. The standard InChI is InChI=1S/C13H26N2O2S/c1-17-8-4-7-14-13(16)10-15-11-5-3-6-12(9-11)18-2/h11-12,15H,3-10H2,1-2H3,(H,14,16). The van der Waals surface area contributed by atoms with E-state index in [2.05, 4.69) is 16.9 Å². The summed E-state index contributed by atoms with van der Waals surface area (Å²) < 4.78 is 4.93. The highest BCUT2D eigenvalue weighted by atomic mass is 32.2. The molecule has 0 aromatic carbocycles. The zero-order valence-corrected chi connectivity index (χ0v) is 12.4. The highest BCUT2D eigenvalue weighted by Gasteiger charge is 2.21. The molecule has 106 valence electrons. The molecular weight excluding hydrogens is 248 g/mol. The number of carbonyl (C=O) groups excluding carboxylic acids is 1. The van der Waals surface area contributed by atoms with Crippen molar-refractivity contribution in [2.75, 3.05) is 33.1 Å². The Morgan fingerprint density at radius 2 is 2.28 bits per heavy atom. The third-order valence-electron chi connectivity index (χ3n) is 3.36. The molecule has 0 radical (unpaired) electrons. The van der Waals surface area contributed by atoms with Crippen LogP contribution in [0.2, 0.25) is 0 Å². The summed E-state index contributed by atoms with van der Waals surface area (Å²) in [7, 11) is 1.68. The summed E-state index contributed by atoms with van der Waals surface area (Å²) in [5.74, 6) is 0.0948. The van der Waals surface area contributed by atoms with E-state index in [1.54, 1.807) is 7.11 Å². The molecule has 1 amide bonds. The lowest BCUT2D eigenvalue weighted by atomic mass is 9.95. The Hall–Kier alpha value is -0.260. The van der Waals surface area contributed by atoms with Crippen LogP contribution in [0.5, 0.6) is 0 Å². The quantitative estimate of drug-likeness (QED) is 0.657. The van der Waals surface area contributed by atoms with Gasteiger partial charge in [-0.25, -0.2) is 0 Å². The number of rotatable bonds is 8. The normalized spacial score (nSPS) is 23.9. The van der Waals surface area contributed by atoms with E-state index >= 15 is 0 Å². The molecule has 1 fully saturated rings. The third-order valence-corrected chi connectivity index (χ3v) is 4.45. The van der Waals surface area contributed by atoms with Crippen LogP contribution in [0.25, 0.3) is 0 Å². The smallest absolute Gasteiger partial charge is 0.233 e. The molecule has 2 atom stereocenters. The van der Waals surface area contributed by atoms with E-state index in [0.29, 0.717) is 25.7 Å². The Bertz CT molecular complexity index is 239. The summed E-state index contributed by atoms with van der Waals surface area (Å²) >= 11 is 1.95. The average molecular weight is 274 g/mol. The minimum Gasteiger partial charge on any atom is -0.385 e. The summed E-state index contributed by atoms with van der Waals surface area (Å²) in [6, 6.07) is 0.515. The second kappa shape index (κ2) is 9.64. The molecular formula is C13H26N2O2S. The molecule has 18 heavy (non-hydrogen) atoms. The zero-order chi connectivity index (χ0) is 13.2. The summed E-state index contributed by atoms with van der Waals surface area (Å²) in [6.07, 6.45) is 8.04. The van der Waals surface area contributed by atoms with E-state index in [1.807, 2.05) is 11.8 Å². The number of nitrogens with one attached hydrogen (secondary N) is 2. The minimum atomic E-state index is 0.0948. The number of carbonyl (C=O) groups is 1. The van der Waals surface area contributed by atoms with Gasteiger partial charge in [-0.1, -0.05) is 6.42 Å². The molecule has 2 N–H and O–H groups in total. The maximum absolute atomic E-state index is 11.6. The largest absolute Gasteiger partial charge is 0.385 e. The maximum atomic E-state index is 11.6. The Morgan fingerprint density at radius 1 is 1.44 bits per heavy atom. The number of amides is 1. The first-order chi connectivity index (χ1) is 8.76. The van der Waals surface area contributed by atoms with Gasteiger partial charge in [0.15, 0.2) is 0 Å². The zero-order valence-electron chi connectivity index (χ0n) is 11.5. The van der Waals surface area contributed by atoms with Crippen molar-refractivity contribution in [2.24, 2.45) is 0 Å². The second-order valence-corrected chi connectivity index (χ2v) is 5.94. The molecule has 0 spiro atoms. The molecule has 4 nitrogen and oxygen atoms in total. The lowest BCUT2D eigenvalue weighted by molar-refractivity contribution is -0.120. The van der Waals surface area contributed by atoms with E-state index in [0.717, 1.165) is 11.7 Å². The Kier molecular flexibility index (Phi) is 8.46. The predicted octanol–water partition coefficient (Wildman–Crippen LogP) is 1.40. The van der Waals surface area contributed by atoms with Crippen molar-refractivity contribution in [3.8, 4) is 0 Å². The molecule has 1 aliphatic carbocycles. The number of ether oxygens (including phenoxy) is 1. The molecule has 5 heteroatoms. The summed E-state index contributed by atoms with van der Waals surface area (Å²) in [6.45, 7) is 1.84. The van der Waals surface area contributed by atoms with Crippen molar-refractivity contribution in [3.05, 3.63) is 0 Å². The maximum Gasteiger partial charge on any atom is 0.233 e. The van der Waals surface area contributed by atoms with Gasteiger partial charge in [0, 0.05) is 31.6 Å². The van der Waals surface area contributed by atoms with Crippen molar-refractivity contribution in [3.63, 3.8) is 0 Å². The van der Waals surface area contributed by atoms with Gasteiger partial charge < -0.3 is 15.4 Å².